The Morgan fingerprint density at radius 2 is 2.00 bits per heavy atom. The van der Waals surface area contributed by atoms with Crippen LogP contribution in [0.3, 0.4) is 0 Å². The minimum absolute atomic E-state index is 0.0118. The van der Waals surface area contributed by atoms with E-state index >= 15 is 0 Å². The lowest BCUT2D eigenvalue weighted by Crippen LogP contribution is -2.10. The normalized spacial score (nSPS) is 12.0. The number of allylic oxidation sites excluding steroid dienone is 1. The zero-order valence-corrected chi connectivity index (χ0v) is 14.7. The molecule has 2 aromatic rings. The molecule has 0 amide bonds. The minimum Gasteiger partial charge on any atom is -0.382 e. The molecule has 1 aromatic carbocycles. The van der Waals surface area contributed by atoms with Crippen LogP contribution >= 0.6 is 0 Å². The number of Topliss-reactive ketones (excluding diaryl/α,β-unsaturated/α-hetero) is 1. The second-order valence-electron chi connectivity index (χ2n) is 5.76. The standard InChI is InChI=1S/C16H18N4O3S/c1-10-5-11-6-15(16(21)12(8-17)9-20(2)3)18-14(11)7-13(10)19-24(4,22)23/h5-7,9,18-19H,1-4H3/b12-9+. The summed E-state index contributed by atoms with van der Waals surface area (Å²) in [5.41, 5.74) is 2.07. The van der Waals surface area contributed by atoms with Crippen molar-refractivity contribution in [2.45, 2.75) is 6.92 Å². The molecule has 0 spiro atoms. The Morgan fingerprint density at radius 3 is 2.54 bits per heavy atom. The number of hydrogen-bond donors (Lipinski definition) is 2. The number of rotatable bonds is 5. The van der Waals surface area contributed by atoms with E-state index in [1.54, 1.807) is 44.1 Å². The van der Waals surface area contributed by atoms with E-state index < -0.39 is 15.8 Å². The first-order chi connectivity index (χ1) is 11.1. The van der Waals surface area contributed by atoms with Gasteiger partial charge in [-0.05, 0) is 30.7 Å². The summed E-state index contributed by atoms with van der Waals surface area (Å²) >= 11 is 0. The van der Waals surface area contributed by atoms with Gasteiger partial charge < -0.3 is 9.88 Å². The molecular formula is C16H18N4O3S. The SMILES string of the molecule is Cc1cc2cc(C(=O)/C(C#N)=C/N(C)C)[nH]c2cc1NS(C)(=O)=O. The van der Waals surface area contributed by atoms with Gasteiger partial charge in [0.25, 0.3) is 0 Å². The van der Waals surface area contributed by atoms with E-state index in [-0.39, 0.29) is 11.3 Å². The van der Waals surface area contributed by atoms with Crippen LogP contribution in [0.4, 0.5) is 5.69 Å². The number of carbonyl (C=O) groups is 1. The minimum atomic E-state index is -3.40. The summed E-state index contributed by atoms with van der Waals surface area (Å²) in [6, 6.07) is 6.94. The zero-order chi connectivity index (χ0) is 18.1. The number of nitrogens with one attached hydrogen (secondary N) is 2. The average molecular weight is 346 g/mol. The molecule has 0 aliphatic heterocycles. The number of benzene rings is 1. The number of anilines is 1. The molecule has 7 nitrogen and oxygen atoms in total. The van der Waals surface area contributed by atoms with Crippen molar-refractivity contribution in [2.24, 2.45) is 0 Å². The molecule has 0 bridgehead atoms. The third kappa shape index (κ3) is 3.94. The van der Waals surface area contributed by atoms with E-state index in [9.17, 15) is 13.2 Å². The second kappa shape index (κ2) is 6.37. The van der Waals surface area contributed by atoms with Crippen molar-refractivity contribution >= 4 is 32.4 Å². The fourth-order valence-electron chi connectivity index (χ4n) is 2.27. The maximum atomic E-state index is 12.4. The molecule has 0 atom stereocenters. The number of H-pyrrole nitrogens is 1. The van der Waals surface area contributed by atoms with Gasteiger partial charge in [0.15, 0.2) is 0 Å². The molecule has 1 aromatic heterocycles. The second-order valence-corrected chi connectivity index (χ2v) is 7.51. The quantitative estimate of drug-likeness (QED) is 0.489. The Labute approximate surface area is 140 Å². The number of fused-ring (bicyclic) bond motifs is 1. The first kappa shape index (κ1) is 17.6. The summed E-state index contributed by atoms with van der Waals surface area (Å²) < 4.78 is 25.3. The molecule has 0 fully saturated rings. The molecule has 24 heavy (non-hydrogen) atoms. The summed E-state index contributed by atoms with van der Waals surface area (Å²) in [6.07, 6.45) is 2.53. The van der Waals surface area contributed by atoms with Crippen LogP contribution in [0.1, 0.15) is 16.1 Å². The Balaban J connectivity index is 2.49. The Morgan fingerprint density at radius 1 is 1.33 bits per heavy atom. The van der Waals surface area contributed by atoms with Gasteiger partial charge in [-0.15, -0.1) is 0 Å². The predicted molar refractivity (Wildman–Crippen MR) is 93.2 cm³/mol. The summed E-state index contributed by atoms with van der Waals surface area (Å²) in [5.74, 6) is -0.419. The van der Waals surface area contributed by atoms with Gasteiger partial charge in [-0.1, -0.05) is 0 Å². The van der Waals surface area contributed by atoms with Crippen molar-refractivity contribution in [3.8, 4) is 6.07 Å². The smallest absolute Gasteiger partial charge is 0.229 e. The lowest BCUT2D eigenvalue weighted by Gasteiger charge is -2.07. The number of ketones is 1. The van der Waals surface area contributed by atoms with Gasteiger partial charge in [0.1, 0.15) is 11.6 Å². The molecule has 8 heteroatoms. The number of hydrogen-bond acceptors (Lipinski definition) is 5. The van der Waals surface area contributed by atoms with Crippen molar-refractivity contribution in [3.63, 3.8) is 0 Å². The summed E-state index contributed by atoms with van der Waals surface area (Å²) in [4.78, 5) is 17.0. The molecule has 1 heterocycles. The Hall–Kier alpha value is -2.79. The van der Waals surface area contributed by atoms with Gasteiger partial charge >= 0.3 is 0 Å². The molecule has 2 N–H and O–H groups in total. The van der Waals surface area contributed by atoms with E-state index in [0.29, 0.717) is 11.2 Å². The van der Waals surface area contributed by atoms with Crippen molar-refractivity contribution in [1.82, 2.24) is 9.88 Å². The van der Waals surface area contributed by atoms with Gasteiger partial charge in [0.2, 0.25) is 15.8 Å². The topological polar surface area (TPSA) is 106 Å². The lowest BCUT2D eigenvalue weighted by molar-refractivity contribution is 0.103. The molecule has 0 saturated carbocycles. The molecule has 0 unspecified atom stereocenters. The molecule has 0 aliphatic rings. The number of aromatic nitrogens is 1. The van der Waals surface area contributed by atoms with Gasteiger partial charge in [0.05, 0.1) is 17.6 Å². The number of aromatic amines is 1. The van der Waals surface area contributed by atoms with Gasteiger partial charge in [0, 0.05) is 31.2 Å². The first-order valence-corrected chi connectivity index (χ1v) is 8.94. The van der Waals surface area contributed by atoms with Crippen LogP contribution in [-0.4, -0.2) is 44.4 Å². The molecule has 0 saturated heterocycles. The third-order valence-electron chi connectivity index (χ3n) is 3.26. The lowest BCUT2D eigenvalue weighted by atomic mass is 10.1. The van der Waals surface area contributed by atoms with Gasteiger partial charge in [-0.2, -0.15) is 5.26 Å². The van der Waals surface area contributed by atoms with Crippen LogP contribution in [-0.2, 0) is 10.0 Å². The largest absolute Gasteiger partial charge is 0.382 e. The van der Waals surface area contributed by atoms with Crippen LogP contribution in [0, 0.1) is 18.3 Å². The highest BCUT2D eigenvalue weighted by molar-refractivity contribution is 7.92. The van der Waals surface area contributed by atoms with E-state index in [1.807, 2.05) is 6.07 Å². The monoisotopic (exact) mass is 346 g/mol. The van der Waals surface area contributed by atoms with Crippen LogP contribution in [0.15, 0.2) is 30.0 Å². The first-order valence-electron chi connectivity index (χ1n) is 7.05. The summed E-state index contributed by atoms with van der Waals surface area (Å²) in [5, 5.41) is 9.90. The van der Waals surface area contributed by atoms with Crippen LogP contribution in [0.25, 0.3) is 10.9 Å². The van der Waals surface area contributed by atoms with Gasteiger partial charge in [-0.3, -0.25) is 9.52 Å². The zero-order valence-electron chi connectivity index (χ0n) is 13.8. The number of nitriles is 1. The highest BCUT2D eigenvalue weighted by Gasteiger charge is 2.16. The molecular weight excluding hydrogens is 328 g/mol. The van der Waals surface area contributed by atoms with E-state index in [2.05, 4.69) is 9.71 Å². The highest BCUT2D eigenvalue weighted by atomic mass is 32.2. The van der Waals surface area contributed by atoms with Crippen molar-refractivity contribution in [1.29, 1.82) is 5.26 Å². The van der Waals surface area contributed by atoms with Gasteiger partial charge in [-0.25, -0.2) is 8.42 Å². The summed E-state index contributed by atoms with van der Waals surface area (Å²) in [6.45, 7) is 1.77. The van der Waals surface area contributed by atoms with Crippen LogP contribution in [0.5, 0.6) is 0 Å². The predicted octanol–water partition coefficient (Wildman–Crippen LogP) is 2.00. The van der Waals surface area contributed by atoms with E-state index in [0.717, 1.165) is 17.2 Å². The van der Waals surface area contributed by atoms with E-state index in [4.69, 9.17) is 5.26 Å². The van der Waals surface area contributed by atoms with E-state index in [1.165, 1.54) is 6.20 Å². The number of sulfonamides is 1. The number of aryl methyl sites for hydroxylation is 1. The molecule has 2 rings (SSSR count). The number of nitrogens with zero attached hydrogens (tertiary/aromatic N) is 2. The Kier molecular flexibility index (Phi) is 4.66. The van der Waals surface area contributed by atoms with Crippen molar-refractivity contribution in [3.05, 3.63) is 41.2 Å². The molecule has 0 radical (unpaired) electrons. The van der Waals surface area contributed by atoms with Crippen LogP contribution < -0.4 is 4.72 Å². The van der Waals surface area contributed by atoms with Crippen LogP contribution in [0.2, 0.25) is 0 Å². The molecule has 0 aliphatic carbocycles. The highest BCUT2D eigenvalue weighted by Crippen LogP contribution is 2.25. The van der Waals surface area contributed by atoms with Crippen molar-refractivity contribution < 1.29 is 13.2 Å². The maximum Gasteiger partial charge on any atom is 0.229 e. The molecule has 126 valence electrons. The summed E-state index contributed by atoms with van der Waals surface area (Å²) in [7, 11) is 0.0518. The number of carbonyl (C=O) groups excluding carboxylic acids is 1. The fraction of sp³-hybridized carbons (Fsp3) is 0.250. The Bertz CT molecular complexity index is 979. The fourth-order valence-corrected chi connectivity index (χ4v) is 2.89. The maximum absolute atomic E-state index is 12.4. The average Bonchev–Trinajstić information content (AvgIpc) is 2.85. The van der Waals surface area contributed by atoms with Crippen molar-refractivity contribution in [2.75, 3.05) is 25.1 Å². The third-order valence-corrected chi connectivity index (χ3v) is 3.85.